The van der Waals surface area contributed by atoms with Crippen molar-refractivity contribution < 1.29 is 5.11 Å². The van der Waals surface area contributed by atoms with Gasteiger partial charge in [0.2, 0.25) is 0 Å². The molecule has 80 valence electrons. The lowest BCUT2D eigenvalue weighted by Crippen LogP contribution is -2.24. The molecule has 15 heavy (non-hydrogen) atoms. The van der Waals surface area contributed by atoms with Crippen molar-refractivity contribution in [3.63, 3.8) is 0 Å². The Morgan fingerprint density at radius 3 is 2.47 bits per heavy atom. The Morgan fingerprint density at radius 1 is 1.33 bits per heavy atom. The number of aliphatic hydroxyl groups is 1. The topological polar surface area (TPSA) is 47.3 Å². The van der Waals surface area contributed by atoms with Gasteiger partial charge in [0.15, 0.2) is 0 Å². The van der Waals surface area contributed by atoms with Gasteiger partial charge in [0, 0.05) is 25.4 Å². The molecule has 0 atom stereocenters. The number of benzene rings is 1. The van der Waals surface area contributed by atoms with Gasteiger partial charge in [-0.25, -0.2) is 0 Å². The molecule has 0 fully saturated rings. The molecule has 0 aliphatic rings. The number of hydrogen-bond donors (Lipinski definition) is 1. The van der Waals surface area contributed by atoms with E-state index in [-0.39, 0.29) is 6.61 Å². The molecule has 0 aliphatic carbocycles. The van der Waals surface area contributed by atoms with E-state index >= 15 is 0 Å². The fourth-order valence-electron chi connectivity index (χ4n) is 1.48. The molecule has 0 amide bonds. The van der Waals surface area contributed by atoms with E-state index in [9.17, 15) is 0 Å². The van der Waals surface area contributed by atoms with Crippen LogP contribution in [0.15, 0.2) is 24.3 Å². The van der Waals surface area contributed by atoms with E-state index in [0.717, 1.165) is 25.2 Å². The van der Waals surface area contributed by atoms with Crippen molar-refractivity contribution in [1.29, 1.82) is 5.26 Å². The summed E-state index contributed by atoms with van der Waals surface area (Å²) in [5.74, 6) is 0. The molecule has 1 aromatic rings. The van der Waals surface area contributed by atoms with Crippen LogP contribution in [0.5, 0.6) is 0 Å². The smallest absolute Gasteiger partial charge is 0.0991 e. The molecule has 1 aromatic carbocycles. The lowest BCUT2D eigenvalue weighted by molar-refractivity contribution is 0.289. The van der Waals surface area contributed by atoms with Gasteiger partial charge in [-0.3, -0.25) is 0 Å². The molecule has 0 heterocycles. The van der Waals surface area contributed by atoms with Crippen LogP contribution in [-0.2, 0) is 0 Å². The zero-order valence-corrected chi connectivity index (χ0v) is 8.98. The van der Waals surface area contributed by atoms with Crippen molar-refractivity contribution in [2.24, 2.45) is 0 Å². The second-order valence-electron chi connectivity index (χ2n) is 3.32. The van der Waals surface area contributed by atoms with Crippen LogP contribution >= 0.6 is 0 Å². The second-order valence-corrected chi connectivity index (χ2v) is 3.32. The molecule has 0 radical (unpaired) electrons. The van der Waals surface area contributed by atoms with E-state index in [1.807, 2.05) is 24.3 Å². The molecule has 0 aromatic heterocycles. The quantitative estimate of drug-likeness (QED) is 0.795. The zero-order valence-electron chi connectivity index (χ0n) is 8.98. The van der Waals surface area contributed by atoms with Gasteiger partial charge in [-0.05, 0) is 37.6 Å². The van der Waals surface area contributed by atoms with Crippen LogP contribution in [0.25, 0.3) is 0 Å². The minimum absolute atomic E-state index is 0.215. The highest BCUT2D eigenvalue weighted by Gasteiger charge is 2.02. The third kappa shape index (κ3) is 3.26. The Kier molecular flexibility index (Phi) is 4.65. The summed E-state index contributed by atoms with van der Waals surface area (Å²) in [7, 11) is 0. The van der Waals surface area contributed by atoms with Crippen LogP contribution in [0.1, 0.15) is 18.9 Å². The molecule has 0 bridgehead atoms. The summed E-state index contributed by atoms with van der Waals surface area (Å²) < 4.78 is 0. The van der Waals surface area contributed by atoms with E-state index in [1.54, 1.807) is 0 Å². The summed E-state index contributed by atoms with van der Waals surface area (Å²) in [4.78, 5) is 2.18. The van der Waals surface area contributed by atoms with Crippen molar-refractivity contribution in [3.8, 4) is 6.07 Å². The van der Waals surface area contributed by atoms with Gasteiger partial charge in [-0.15, -0.1) is 0 Å². The number of nitriles is 1. The van der Waals surface area contributed by atoms with Crippen LogP contribution in [0.2, 0.25) is 0 Å². The maximum absolute atomic E-state index is 8.77. The Labute approximate surface area is 90.6 Å². The van der Waals surface area contributed by atoms with Gasteiger partial charge in [-0.2, -0.15) is 5.26 Å². The molecule has 3 heteroatoms. The third-order valence-electron chi connectivity index (χ3n) is 2.33. The Hall–Kier alpha value is -1.53. The van der Waals surface area contributed by atoms with Gasteiger partial charge in [0.1, 0.15) is 0 Å². The monoisotopic (exact) mass is 204 g/mol. The molecular weight excluding hydrogens is 188 g/mol. The minimum atomic E-state index is 0.215. The first-order valence-corrected chi connectivity index (χ1v) is 5.17. The van der Waals surface area contributed by atoms with Crippen LogP contribution in [0, 0.1) is 11.3 Å². The van der Waals surface area contributed by atoms with Gasteiger partial charge >= 0.3 is 0 Å². The van der Waals surface area contributed by atoms with Crippen LogP contribution in [0.4, 0.5) is 5.69 Å². The lowest BCUT2D eigenvalue weighted by atomic mass is 10.2. The third-order valence-corrected chi connectivity index (χ3v) is 2.33. The first-order valence-electron chi connectivity index (χ1n) is 5.17. The summed E-state index contributed by atoms with van der Waals surface area (Å²) >= 11 is 0. The molecule has 0 unspecified atom stereocenters. The highest BCUT2D eigenvalue weighted by atomic mass is 16.3. The SMILES string of the molecule is CCN(CCCO)c1ccc(C#N)cc1. The number of anilines is 1. The maximum atomic E-state index is 8.77. The summed E-state index contributed by atoms with van der Waals surface area (Å²) in [5.41, 5.74) is 1.78. The average molecular weight is 204 g/mol. The normalized spacial score (nSPS) is 9.67. The molecular formula is C12H16N2O. The number of nitrogens with zero attached hydrogens (tertiary/aromatic N) is 2. The molecule has 0 aliphatic heterocycles. The summed E-state index contributed by atoms with van der Waals surface area (Å²) in [6.45, 7) is 4.05. The summed E-state index contributed by atoms with van der Waals surface area (Å²) in [6.07, 6.45) is 0.772. The summed E-state index contributed by atoms with van der Waals surface area (Å²) in [6, 6.07) is 9.62. The van der Waals surface area contributed by atoms with Crippen LogP contribution in [-0.4, -0.2) is 24.8 Å². The highest BCUT2D eigenvalue weighted by molar-refractivity contribution is 5.49. The Bertz CT molecular complexity index is 326. The fraction of sp³-hybridized carbons (Fsp3) is 0.417. The molecule has 0 spiro atoms. The highest BCUT2D eigenvalue weighted by Crippen LogP contribution is 2.14. The standard InChI is InChI=1S/C12H16N2O/c1-2-14(8-3-9-15)12-6-4-11(10-13)5-7-12/h4-7,15H,2-3,8-9H2,1H3. The predicted molar refractivity (Wildman–Crippen MR) is 60.7 cm³/mol. The first-order chi connectivity index (χ1) is 7.31. The number of aliphatic hydroxyl groups excluding tert-OH is 1. The number of rotatable bonds is 5. The van der Waals surface area contributed by atoms with E-state index in [1.165, 1.54) is 0 Å². The van der Waals surface area contributed by atoms with Crippen molar-refractivity contribution in [1.82, 2.24) is 0 Å². The van der Waals surface area contributed by atoms with Crippen molar-refractivity contribution in [3.05, 3.63) is 29.8 Å². The van der Waals surface area contributed by atoms with Crippen molar-refractivity contribution >= 4 is 5.69 Å². The average Bonchev–Trinajstić information content (AvgIpc) is 2.31. The van der Waals surface area contributed by atoms with E-state index in [0.29, 0.717) is 5.56 Å². The molecule has 1 N–H and O–H groups in total. The largest absolute Gasteiger partial charge is 0.396 e. The van der Waals surface area contributed by atoms with Gasteiger partial charge in [0.25, 0.3) is 0 Å². The molecule has 3 nitrogen and oxygen atoms in total. The van der Waals surface area contributed by atoms with E-state index in [4.69, 9.17) is 10.4 Å². The van der Waals surface area contributed by atoms with Crippen LogP contribution < -0.4 is 4.90 Å². The van der Waals surface area contributed by atoms with Gasteiger partial charge in [-0.1, -0.05) is 0 Å². The van der Waals surface area contributed by atoms with Crippen molar-refractivity contribution in [2.75, 3.05) is 24.6 Å². The van der Waals surface area contributed by atoms with Crippen molar-refractivity contribution in [2.45, 2.75) is 13.3 Å². The predicted octanol–water partition coefficient (Wildman–Crippen LogP) is 1.77. The number of hydrogen-bond acceptors (Lipinski definition) is 3. The van der Waals surface area contributed by atoms with E-state index < -0.39 is 0 Å². The fourth-order valence-corrected chi connectivity index (χ4v) is 1.48. The van der Waals surface area contributed by atoms with Gasteiger partial charge in [0.05, 0.1) is 11.6 Å². The second kappa shape index (κ2) is 6.05. The summed E-state index contributed by atoms with van der Waals surface area (Å²) in [5, 5.41) is 17.4. The molecule has 0 saturated carbocycles. The first kappa shape index (κ1) is 11.5. The van der Waals surface area contributed by atoms with Crippen LogP contribution in [0.3, 0.4) is 0 Å². The Morgan fingerprint density at radius 2 is 2.00 bits per heavy atom. The minimum Gasteiger partial charge on any atom is -0.396 e. The van der Waals surface area contributed by atoms with Gasteiger partial charge < -0.3 is 10.0 Å². The van der Waals surface area contributed by atoms with E-state index in [2.05, 4.69) is 17.9 Å². The molecule has 1 rings (SSSR count). The Balaban J connectivity index is 2.70. The molecule has 0 saturated heterocycles. The lowest BCUT2D eigenvalue weighted by Gasteiger charge is -2.22. The maximum Gasteiger partial charge on any atom is 0.0991 e. The zero-order chi connectivity index (χ0) is 11.1.